The van der Waals surface area contributed by atoms with E-state index in [1.807, 2.05) is 20.8 Å². The summed E-state index contributed by atoms with van der Waals surface area (Å²) >= 11 is 1.74. The van der Waals surface area contributed by atoms with Crippen LogP contribution in [0.25, 0.3) is 0 Å². The number of nitrogens with zero attached hydrogens (tertiary/aromatic N) is 2. The molecule has 0 atom stereocenters. The number of oxazole rings is 1. The Kier molecular flexibility index (Phi) is 3.78. The van der Waals surface area contributed by atoms with Crippen LogP contribution in [0.1, 0.15) is 46.8 Å². The van der Waals surface area contributed by atoms with Crippen LogP contribution in [-0.2, 0) is 12.1 Å². The lowest BCUT2D eigenvalue weighted by atomic mass is 10.1. The number of hydrogen-bond acceptors (Lipinski definition) is 5. The van der Waals surface area contributed by atoms with Gasteiger partial charge in [-0.2, -0.15) is 0 Å². The summed E-state index contributed by atoms with van der Waals surface area (Å²) in [5.41, 5.74) is 1.88. The monoisotopic (exact) mass is 279 g/mol. The van der Waals surface area contributed by atoms with Gasteiger partial charge in [0.15, 0.2) is 0 Å². The van der Waals surface area contributed by atoms with E-state index in [9.17, 15) is 0 Å². The summed E-state index contributed by atoms with van der Waals surface area (Å²) in [6.07, 6.45) is 0. The predicted octanol–water partition coefficient (Wildman–Crippen LogP) is 3.39. The molecule has 0 aromatic carbocycles. The molecule has 1 N–H and O–H groups in total. The standard InChI is InChI=1S/C14H21N3OS/c1-8-10(3)18-12(16-8)7-15-14(5,6)13-17-9(2)11(4)19-13/h15H,7H2,1-6H3. The topological polar surface area (TPSA) is 51.0 Å². The van der Waals surface area contributed by atoms with Crippen LogP contribution < -0.4 is 5.32 Å². The van der Waals surface area contributed by atoms with E-state index >= 15 is 0 Å². The fourth-order valence-corrected chi connectivity index (χ4v) is 2.72. The van der Waals surface area contributed by atoms with Crippen LogP contribution >= 0.6 is 11.3 Å². The second-order valence-electron chi connectivity index (χ2n) is 5.39. The lowest BCUT2D eigenvalue weighted by molar-refractivity contribution is 0.359. The first-order chi connectivity index (χ1) is 8.79. The van der Waals surface area contributed by atoms with E-state index in [-0.39, 0.29) is 5.54 Å². The Morgan fingerprint density at radius 1 is 1.11 bits per heavy atom. The average Bonchev–Trinajstić information content (AvgIpc) is 2.82. The maximum Gasteiger partial charge on any atom is 0.208 e. The van der Waals surface area contributed by atoms with E-state index in [0.717, 1.165) is 28.0 Å². The van der Waals surface area contributed by atoms with Crippen molar-refractivity contribution in [3.8, 4) is 0 Å². The molecule has 0 aliphatic heterocycles. The lowest BCUT2D eigenvalue weighted by Crippen LogP contribution is -2.36. The molecule has 0 saturated carbocycles. The van der Waals surface area contributed by atoms with Gasteiger partial charge in [0.25, 0.3) is 0 Å². The van der Waals surface area contributed by atoms with Crippen molar-refractivity contribution in [2.75, 3.05) is 0 Å². The maximum atomic E-state index is 5.58. The molecular formula is C14H21N3OS. The van der Waals surface area contributed by atoms with Crippen molar-refractivity contribution in [3.05, 3.63) is 32.9 Å². The number of aromatic nitrogens is 2. The summed E-state index contributed by atoms with van der Waals surface area (Å²) in [6, 6.07) is 0. The van der Waals surface area contributed by atoms with Crippen molar-refractivity contribution >= 4 is 11.3 Å². The molecule has 0 radical (unpaired) electrons. The van der Waals surface area contributed by atoms with Gasteiger partial charge >= 0.3 is 0 Å². The van der Waals surface area contributed by atoms with Crippen LogP contribution in [0.2, 0.25) is 0 Å². The molecule has 0 bridgehead atoms. The minimum absolute atomic E-state index is 0.181. The second kappa shape index (κ2) is 5.06. The van der Waals surface area contributed by atoms with Gasteiger partial charge in [-0.25, -0.2) is 9.97 Å². The number of hydrogen-bond donors (Lipinski definition) is 1. The van der Waals surface area contributed by atoms with E-state index in [1.165, 1.54) is 4.88 Å². The molecule has 2 aromatic rings. The third-order valence-electron chi connectivity index (χ3n) is 3.32. The number of aryl methyl sites for hydroxylation is 4. The van der Waals surface area contributed by atoms with Crippen LogP contribution in [0.15, 0.2) is 4.42 Å². The van der Waals surface area contributed by atoms with Gasteiger partial charge in [0.05, 0.1) is 23.5 Å². The number of nitrogens with one attached hydrogen (secondary N) is 1. The van der Waals surface area contributed by atoms with Gasteiger partial charge in [-0.1, -0.05) is 0 Å². The molecule has 0 amide bonds. The van der Waals surface area contributed by atoms with E-state index in [4.69, 9.17) is 4.42 Å². The summed E-state index contributed by atoms with van der Waals surface area (Å²) in [4.78, 5) is 10.3. The molecule has 2 rings (SSSR count). The Labute approximate surface area is 118 Å². The normalized spacial score (nSPS) is 12.1. The van der Waals surface area contributed by atoms with E-state index in [0.29, 0.717) is 6.54 Å². The van der Waals surface area contributed by atoms with Gasteiger partial charge < -0.3 is 4.42 Å². The number of thiazole rings is 1. The molecule has 2 heterocycles. The molecular weight excluding hydrogens is 258 g/mol. The van der Waals surface area contributed by atoms with Gasteiger partial charge in [0.1, 0.15) is 10.8 Å². The Bertz CT molecular complexity index is 545. The Morgan fingerprint density at radius 3 is 2.26 bits per heavy atom. The van der Waals surface area contributed by atoms with Gasteiger partial charge in [-0.05, 0) is 41.5 Å². The molecule has 0 spiro atoms. The SMILES string of the molecule is Cc1nc(CNC(C)(C)c2nc(C)c(C)s2)oc1C. The van der Waals surface area contributed by atoms with Gasteiger partial charge in [-0.15, -0.1) is 11.3 Å². The smallest absolute Gasteiger partial charge is 0.208 e. The molecule has 4 nitrogen and oxygen atoms in total. The van der Waals surface area contributed by atoms with Crippen molar-refractivity contribution in [2.24, 2.45) is 0 Å². The summed E-state index contributed by atoms with van der Waals surface area (Å²) in [5.74, 6) is 1.61. The first-order valence-electron chi connectivity index (χ1n) is 6.42. The highest BCUT2D eigenvalue weighted by molar-refractivity contribution is 7.11. The summed E-state index contributed by atoms with van der Waals surface area (Å²) in [5, 5.41) is 4.56. The Morgan fingerprint density at radius 2 is 1.79 bits per heavy atom. The van der Waals surface area contributed by atoms with Crippen LogP contribution in [0.3, 0.4) is 0 Å². The fraction of sp³-hybridized carbons (Fsp3) is 0.571. The van der Waals surface area contributed by atoms with Gasteiger partial charge in [0, 0.05) is 4.88 Å². The Balaban J connectivity index is 2.08. The molecule has 2 aromatic heterocycles. The van der Waals surface area contributed by atoms with Crippen LogP contribution in [-0.4, -0.2) is 9.97 Å². The highest BCUT2D eigenvalue weighted by atomic mass is 32.1. The molecule has 104 valence electrons. The van der Waals surface area contributed by atoms with Gasteiger partial charge in [-0.3, -0.25) is 5.32 Å². The lowest BCUT2D eigenvalue weighted by Gasteiger charge is -2.23. The highest BCUT2D eigenvalue weighted by Crippen LogP contribution is 2.27. The highest BCUT2D eigenvalue weighted by Gasteiger charge is 2.25. The quantitative estimate of drug-likeness (QED) is 0.932. The molecule has 5 heteroatoms. The third-order valence-corrected chi connectivity index (χ3v) is 4.71. The Hall–Kier alpha value is -1.20. The van der Waals surface area contributed by atoms with E-state index < -0.39 is 0 Å². The zero-order valence-electron chi connectivity index (χ0n) is 12.4. The van der Waals surface area contributed by atoms with E-state index in [2.05, 4.69) is 36.1 Å². The molecule has 0 aliphatic carbocycles. The molecule has 0 saturated heterocycles. The predicted molar refractivity (Wildman–Crippen MR) is 77.4 cm³/mol. The average molecular weight is 279 g/mol. The minimum atomic E-state index is -0.181. The van der Waals surface area contributed by atoms with Crippen molar-refractivity contribution in [3.63, 3.8) is 0 Å². The summed E-state index contributed by atoms with van der Waals surface area (Å²) < 4.78 is 5.58. The largest absolute Gasteiger partial charge is 0.444 e. The molecule has 0 unspecified atom stereocenters. The van der Waals surface area contributed by atoms with Crippen LogP contribution in [0, 0.1) is 27.7 Å². The third kappa shape index (κ3) is 3.04. The zero-order chi connectivity index (χ0) is 14.2. The zero-order valence-corrected chi connectivity index (χ0v) is 13.2. The first kappa shape index (κ1) is 14.2. The number of rotatable bonds is 4. The first-order valence-corrected chi connectivity index (χ1v) is 7.23. The molecule has 0 fully saturated rings. The van der Waals surface area contributed by atoms with Crippen molar-refractivity contribution in [2.45, 2.75) is 53.6 Å². The van der Waals surface area contributed by atoms with Crippen LogP contribution in [0.5, 0.6) is 0 Å². The van der Waals surface area contributed by atoms with Crippen LogP contribution in [0.4, 0.5) is 0 Å². The molecule has 19 heavy (non-hydrogen) atoms. The second-order valence-corrected chi connectivity index (χ2v) is 6.59. The van der Waals surface area contributed by atoms with E-state index in [1.54, 1.807) is 11.3 Å². The van der Waals surface area contributed by atoms with Crippen molar-refractivity contribution in [1.82, 2.24) is 15.3 Å². The molecule has 0 aliphatic rings. The van der Waals surface area contributed by atoms with Crippen molar-refractivity contribution in [1.29, 1.82) is 0 Å². The maximum absolute atomic E-state index is 5.58. The minimum Gasteiger partial charge on any atom is -0.444 e. The van der Waals surface area contributed by atoms with Crippen molar-refractivity contribution < 1.29 is 4.42 Å². The summed E-state index contributed by atoms with van der Waals surface area (Å²) in [6.45, 7) is 12.9. The fourth-order valence-electron chi connectivity index (χ4n) is 1.73. The summed E-state index contributed by atoms with van der Waals surface area (Å²) in [7, 11) is 0. The van der Waals surface area contributed by atoms with Gasteiger partial charge in [0.2, 0.25) is 5.89 Å².